The lowest BCUT2D eigenvalue weighted by atomic mass is 10.2. The lowest BCUT2D eigenvalue weighted by molar-refractivity contribution is 0.0923. The number of benzene rings is 2. The van der Waals surface area contributed by atoms with Crippen LogP contribution in [0.15, 0.2) is 65.3 Å². The second-order valence-corrected chi connectivity index (χ2v) is 6.93. The minimum absolute atomic E-state index is 0.234. The Morgan fingerprint density at radius 1 is 1.19 bits per heavy atom. The second kappa shape index (κ2) is 8.19. The fourth-order valence-electron chi connectivity index (χ4n) is 2.49. The summed E-state index contributed by atoms with van der Waals surface area (Å²) in [5.74, 6) is 0.710. The van der Waals surface area contributed by atoms with Crippen molar-refractivity contribution < 1.29 is 9.53 Å². The first-order valence-corrected chi connectivity index (χ1v) is 9.08. The average molecular weight is 414 g/mol. The number of ether oxygens (including phenoxy) is 1. The molecule has 0 saturated heterocycles. The molecule has 0 unspecified atom stereocenters. The van der Waals surface area contributed by atoms with E-state index in [0.29, 0.717) is 5.82 Å². The molecule has 0 spiro atoms. The molecule has 0 aliphatic rings. The molecule has 3 rings (SSSR count). The van der Waals surface area contributed by atoms with Crippen LogP contribution in [0.1, 0.15) is 24.4 Å². The summed E-state index contributed by atoms with van der Waals surface area (Å²) in [6, 6.07) is 17.3. The molecular formula is C20H20BrN3O2. The molecule has 134 valence electrons. The zero-order valence-corrected chi connectivity index (χ0v) is 16.2. The van der Waals surface area contributed by atoms with Gasteiger partial charge in [0, 0.05) is 11.5 Å². The Bertz CT molecular complexity index is 862. The van der Waals surface area contributed by atoms with Gasteiger partial charge < -0.3 is 14.6 Å². The molecular weight excluding hydrogens is 394 g/mol. The molecule has 6 heteroatoms. The maximum atomic E-state index is 12.3. The third kappa shape index (κ3) is 4.32. The highest BCUT2D eigenvalue weighted by Crippen LogP contribution is 2.23. The number of nitrogens with one attached hydrogen (secondary N) is 1. The zero-order valence-electron chi connectivity index (χ0n) is 14.6. The molecule has 0 fully saturated rings. The molecule has 0 radical (unpaired) electrons. The van der Waals surface area contributed by atoms with E-state index in [1.54, 1.807) is 13.2 Å². The smallest absolute Gasteiger partial charge is 0.410 e. The molecule has 26 heavy (non-hydrogen) atoms. The summed E-state index contributed by atoms with van der Waals surface area (Å²) < 4.78 is 6.40. The number of aromatic nitrogens is 2. The highest BCUT2D eigenvalue weighted by atomic mass is 79.9. The Kier molecular flexibility index (Phi) is 5.73. The number of halogens is 1. The van der Waals surface area contributed by atoms with Crippen LogP contribution in [0, 0.1) is 0 Å². The number of carbonyl (C=O) groups is 1. The zero-order chi connectivity index (χ0) is 18.5. The summed E-state index contributed by atoms with van der Waals surface area (Å²) in [5.41, 5.74) is 2.90. The van der Waals surface area contributed by atoms with Crippen LogP contribution in [0.5, 0.6) is 0 Å². The Labute approximate surface area is 161 Å². The highest BCUT2D eigenvalue weighted by Gasteiger charge is 2.21. The van der Waals surface area contributed by atoms with E-state index in [1.165, 1.54) is 4.90 Å². The standard InChI is InChI=1S/C20H20BrN3O2/c1-14(24(2)20(25)26-13-15-6-4-3-5-7-15)19-22-12-18(23-19)16-8-10-17(21)11-9-16/h3-12,14H,13H2,1-2H3,(H,22,23)/t14-/m0/s1. The van der Waals surface area contributed by atoms with Gasteiger partial charge in [0.2, 0.25) is 0 Å². The first kappa shape index (κ1) is 18.2. The van der Waals surface area contributed by atoms with E-state index in [1.807, 2.05) is 61.5 Å². The van der Waals surface area contributed by atoms with E-state index < -0.39 is 0 Å². The van der Waals surface area contributed by atoms with Crippen LogP contribution in [0.4, 0.5) is 4.79 Å². The molecule has 3 aromatic rings. The van der Waals surface area contributed by atoms with Gasteiger partial charge >= 0.3 is 6.09 Å². The van der Waals surface area contributed by atoms with Crippen molar-refractivity contribution in [3.63, 3.8) is 0 Å². The molecule has 0 aliphatic heterocycles. The van der Waals surface area contributed by atoms with Gasteiger partial charge in [-0.25, -0.2) is 9.78 Å². The number of rotatable bonds is 5. The van der Waals surface area contributed by atoms with Crippen molar-refractivity contribution in [2.24, 2.45) is 0 Å². The number of nitrogens with zero attached hydrogens (tertiary/aromatic N) is 2. The Balaban J connectivity index is 1.63. The molecule has 2 aromatic carbocycles. The van der Waals surface area contributed by atoms with Crippen LogP contribution in [0.2, 0.25) is 0 Å². The lowest BCUT2D eigenvalue weighted by Gasteiger charge is -2.22. The first-order valence-electron chi connectivity index (χ1n) is 8.29. The molecule has 1 aromatic heterocycles. The summed E-state index contributed by atoms with van der Waals surface area (Å²) in [5, 5.41) is 0. The van der Waals surface area contributed by atoms with Gasteiger partial charge in [-0.1, -0.05) is 58.4 Å². The van der Waals surface area contributed by atoms with Crippen molar-refractivity contribution in [3.05, 3.63) is 76.7 Å². The predicted molar refractivity (Wildman–Crippen MR) is 105 cm³/mol. The van der Waals surface area contributed by atoms with Crippen molar-refractivity contribution >= 4 is 22.0 Å². The third-order valence-corrected chi connectivity index (χ3v) is 4.75. The monoisotopic (exact) mass is 413 g/mol. The molecule has 5 nitrogen and oxygen atoms in total. The van der Waals surface area contributed by atoms with E-state index in [9.17, 15) is 4.79 Å². The summed E-state index contributed by atoms with van der Waals surface area (Å²) in [6.07, 6.45) is 1.39. The normalized spacial score (nSPS) is 11.8. The quantitative estimate of drug-likeness (QED) is 0.627. The topological polar surface area (TPSA) is 58.2 Å². The SMILES string of the molecule is C[C@@H](c1ncc(-c2ccc(Br)cc2)[nH]1)N(C)C(=O)OCc1ccccc1. The van der Waals surface area contributed by atoms with Crippen LogP contribution in [0.25, 0.3) is 11.3 Å². The van der Waals surface area contributed by atoms with Gasteiger partial charge in [-0.05, 0) is 30.2 Å². The molecule has 0 aliphatic carbocycles. The highest BCUT2D eigenvalue weighted by molar-refractivity contribution is 9.10. The summed E-state index contributed by atoms with van der Waals surface area (Å²) in [7, 11) is 1.71. The molecule has 1 heterocycles. The van der Waals surface area contributed by atoms with Crippen molar-refractivity contribution in [2.75, 3.05) is 7.05 Å². The number of imidazole rings is 1. The number of hydrogen-bond donors (Lipinski definition) is 1. The molecule has 1 amide bonds. The van der Waals surface area contributed by atoms with E-state index in [2.05, 4.69) is 25.9 Å². The minimum Gasteiger partial charge on any atom is -0.445 e. The van der Waals surface area contributed by atoms with Crippen molar-refractivity contribution in [1.29, 1.82) is 0 Å². The number of amides is 1. The minimum atomic E-state index is -0.386. The summed E-state index contributed by atoms with van der Waals surface area (Å²) in [6.45, 7) is 2.16. The Morgan fingerprint density at radius 3 is 2.58 bits per heavy atom. The van der Waals surface area contributed by atoms with Gasteiger partial charge in [0.25, 0.3) is 0 Å². The van der Waals surface area contributed by atoms with E-state index in [-0.39, 0.29) is 18.7 Å². The Morgan fingerprint density at radius 2 is 1.88 bits per heavy atom. The van der Waals surface area contributed by atoms with Gasteiger partial charge in [0.1, 0.15) is 12.4 Å². The van der Waals surface area contributed by atoms with Crippen molar-refractivity contribution in [1.82, 2.24) is 14.9 Å². The molecule has 0 bridgehead atoms. The largest absolute Gasteiger partial charge is 0.445 e. The Hall–Kier alpha value is -2.60. The third-order valence-electron chi connectivity index (χ3n) is 4.22. The van der Waals surface area contributed by atoms with E-state index >= 15 is 0 Å². The fourth-order valence-corrected chi connectivity index (χ4v) is 2.75. The van der Waals surface area contributed by atoms with Crippen LogP contribution in [-0.4, -0.2) is 28.0 Å². The second-order valence-electron chi connectivity index (χ2n) is 6.02. The maximum absolute atomic E-state index is 12.3. The maximum Gasteiger partial charge on any atom is 0.410 e. The van der Waals surface area contributed by atoms with Crippen molar-refractivity contribution in [2.45, 2.75) is 19.6 Å². The fraction of sp³-hybridized carbons (Fsp3) is 0.200. The molecule has 1 atom stereocenters. The van der Waals surface area contributed by atoms with E-state index in [0.717, 1.165) is 21.3 Å². The van der Waals surface area contributed by atoms with Gasteiger partial charge in [0.05, 0.1) is 17.9 Å². The summed E-state index contributed by atoms with van der Waals surface area (Å²) in [4.78, 5) is 21.5. The lowest BCUT2D eigenvalue weighted by Crippen LogP contribution is -2.30. The number of hydrogen-bond acceptors (Lipinski definition) is 3. The van der Waals surface area contributed by atoms with Gasteiger partial charge in [-0.3, -0.25) is 0 Å². The summed E-state index contributed by atoms with van der Waals surface area (Å²) >= 11 is 3.43. The van der Waals surface area contributed by atoms with Crippen LogP contribution < -0.4 is 0 Å². The van der Waals surface area contributed by atoms with Gasteiger partial charge in [0.15, 0.2) is 0 Å². The number of aromatic amines is 1. The number of carbonyl (C=O) groups excluding carboxylic acids is 1. The van der Waals surface area contributed by atoms with Crippen LogP contribution in [0.3, 0.4) is 0 Å². The van der Waals surface area contributed by atoms with Gasteiger partial charge in [-0.2, -0.15) is 0 Å². The first-order chi connectivity index (χ1) is 12.5. The predicted octanol–water partition coefficient (Wildman–Crippen LogP) is 5.17. The molecule has 1 N–H and O–H groups in total. The number of H-pyrrole nitrogens is 1. The molecule has 0 saturated carbocycles. The van der Waals surface area contributed by atoms with Crippen LogP contribution >= 0.6 is 15.9 Å². The van der Waals surface area contributed by atoms with Crippen molar-refractivity contribution in [3.8, 4) is 11.3 Å². The van der Waals surface area contributed by atoms with E-state index in [4.69, 9.17) is 4.74 Å². The van der Waals surface area contributed by atoms with Gasteiger partial charge in [-0.15, -0.1) is 0 Å². The van der Waals surface area contributed by atoms with Crippen LogP contribution in [-0.2, 0) is 11.3 Å². The average Bonchev–Trinajstić information content (AvgIpc) is 3.16.